The van der Waals surface area contributed by atoms with Gasteiger partial charge in [-0.25, -0.2) is 9.78 Å². The molecule has 0 aliphatic heterocycles. The molecule has 0 radical (unpaired) electrons. The highest BCUT2D eigenvalue weighted by Crippen LogP contribution is 2.25. The Kier molecular flexibility index (Phi) is 4.48. The topological polar surface area (TPSA) is 91.3 Å². The number of rotatable bonds is 5. The number of aliphatic hydroxyl groups excluding tert-OH is 1. The van der Waals surface area contributed by atoms with Crippen molar-refractivity contribution in [2.24, 2.45) is 14.1 Å². The molecular weight excluding hydrogens is 360 g/mol. The van der Waals surface area contributed by atoms with Gasteiger partial charge in [0.1, 0.15) is 18.5 Å². The first-order valence-corrected chi connectivity index (χ1v) is 8.87. The first-order chi connectivity index (χ1) is 13.5. The van der Waals surface area contributed by atoms with E-state index in [0.29, 0.717) is 5.75 Å². The second-order valence-electron chi connectivity index (χ2n) is 6.72. The fourth-order valence-electron chi connectivity index (χ4n) is 3.32. The van der Waals surface area contributed by atoms with Crippen LogP contribution in [0.5, 0.6) is 5.75 Å². The zero-order valence-electron chi connectivity index (χ0n) is 15.6. The molecule has 2 aromatic carbocycles. The molecule has 4 aromatic rings. The highest BCUT2D eigenvalue weighted by Gasteiger charge is 2.16. The molecule has 1 N–H and O–H groups in total. The van der Waals surface area contributed by atoms with Crippen molar-refractivity contribution in [3.05, 3.63) is 69.6 Å². The highest BCUT2D eigenvalue weighted by molar-refractivity contribution is 5.88. The van der Waals surface area contributed by atoms with Crippen molar-refractivity contribution in [1.82, 2.24) is 18.7 Å². The third kappa shape index (κ3) is 2.97. The van der Waals surface area contributed by atoms with Crippen molar-refractivity contribution in [3.8, 4) is 5.75 Å². The van der Waals surface area contributed by atoms with Gasteiger partial charge in [-0.3, -0.25) is 13.9 Å². The van der Waals surface area contributed by atoms with Crippen LogP contribution < -0.4 is 16.0 Å². The number of benzene rings is 2. The quantitative estimate of drug-likeness (QED) is 0.558. The van der Waals surface area contributed by atoms with E-state index in [2.05, 4.69) is 4.98 Å². The zero-order chi connectivity index (χ0) is 19.8. The van der Waals surface area contributed by atoms with Gasteiger partial charge in [0.2, 0.25) is 0 Å². The molecule has 0 amide bonds. The summed E-state index contributed by atoms with van der Waals surface area (Å²) < 4.78 is 9.71. The van der Waals surface area contributed by atoms with E-state index in [9.17, 15) is 14.7 Å². The summed E-state index contributed by atoms with van der Waals surface area (Å²) in [7, 11) is 2.98. The summed E-state index contributed by atoms with van der Waals surface area (Å²) in [6.45, 7) is 0.175. The maximum Gasteiger partial charge on any atom is 0.332 e. The first-order valence-electron chi connectivity index (χ1n) is 8.87. The van der Waals surface area contributed by atoms with E-state index < -0.39 is 17.4 Å². The summed E-state index contributed by atoms with van der Waals surface area (Å²) in [6.07, 6.45) is 0.588. The standard InChI is InChI=1S/C20H20N4O4/c1-22-18-17(19(26)23(2)20(22)27)24(12-21-18)10-14(25)11-28-16-9-5-7-13-6-3-4-8-15(13)16/h3-9,12,14,25H,10-11H2,1-2H3. The molecule has 1 unspecified atom stereocenters. The Morgan fingerprint density at radius 1 is 1.07 bits per heavy atom. The van der Waals surface area contributed by atoms with Gasteiger partial charge in [0, 0.05) is 19.5 Å². The SMILES string of the molecule is Cn1c(=O)c2c(ncn2CC(O)COc2cccc3ccccc23)n(C)c1=O. The van der Waals surface area contributed by atoms with E-state index in [-0.39, 0.29) is 24.3 Å². The molecule has 0 saturated carbocycles. The number of hydrogen-bond acceptors (Lipinski definition) is 5. The van der Waals surface area contributed by atoms with Crippen LogP contribution in [0.3, 0.4) is 0 Å². The Labute approximate surface area is 159 Å². The molecular formula is C20H20N4O4. The van der Waals surface area contributed by atoms with Crippen LogP contribution in [-0.4, -0.2) is 36.5 Å². The second-order valence-corrected chi connectivity index (χ2v) is 6.72. The monoisotopic (exact) mass is 380 g/mol. The number of ether oxygens (including phenoxy) is 1. The number of fused-ring (bicyclic) bond motifs is 2. The molecule has 2 aromatic heterocycles. The van der Waals surface area contributed by atoms with Crippen molar-refractivity contribution in [1.29, 1.82) is 0 Å². The lowest BCUT2D eigenvalue weighted by molar-refractivity contribution is 0.0941. The largest absolute Gasteiger partial charge is 0.490 e. The molecule has 144 valence electrons. The summed E-state index contributed by atoms with van der Waals surface area (Å²) in [6, 6.07) is 13.6. The van der Waals surface area contributed by atoms with E-state index in [1.165, 1.54) is 17.9 Å². The minimum absolute atomic E-state index is 0.0553. The molecule has 0 aliphatic rings. The Morgan fingerprint density at radius 2 is 1.82 bits per heavy atom. The van der Waals surface area contributed by atoms with E-state index in [1.54, 1.807) is 11.6 Å². The molecule has 0 aliphatic carbocycles. The van der Waals surface area contributed by atoms with E-state index in [1.807, 2.05) is 42.5 Å². The number of aliphatic hydroxyl groups is 1. The minimum atomic E-state index is -0.863. The van der Waals surface area contributed by atoms with Crippen LogP contribution in [0.15, 0.2) is 58.4 Å². The summed E-state index contributed by atoms with van der Waals surface area (Å²) in [4.78, 5) is 28.6. The van der Waals surface area contributed by atoms with Crippen LogP contribution in [0.4, 0.5) is 0 Å². The second kappa shape index (κ2) is 6.97. The lowest BCUT2D eigenvalue weighted by atomic mass is 10.1. The molecule has 0 saturated heterocycles. The Hall–Kier alpha value is -3.39. The third-order valence-corrected chi connectivity index (χ3v) is 4.81. The lowest BCUT2D eigenvalue weighted by Crippen LogP contribution is -2.38. The molecule has 0 bridgehead atoms. The average molecular weight is 380 g/mol. The molecule has 0 spiro atoms. The van der Waals surface area contributed by atoms with Gasteiger partial charge in [-0.05, 0) is 11.5 Å². The van der Waals surface area contributed by atoms with Crippen molar-refractivity contribution >= 4 is 21.9 Å². The molecule has 2 heterocycles. The molecule has 4 rings (SSSR count). The molecule has 1 atom stereocenters. The minimum Gasteiger partial charge on any atom is -0.490 e. The number of imidazole rings is 1. The summed E-state index contributed by atoms with van der Waals surface area (Å²) in [5, 5.41) is 12.5. The van der Waals surface area contributed by atoms with Crippen molar-refractivity contribution in [3.63, 3.8) is 0 Å². The maximum atomic E-state index is 12.5. The molecule has 8 heteroatoms. The van der Waals surface area contributed by atoms with Gasteiger partial charge in [0.25, 0.3) is 5.56 Å². The third-order valence-electron chi connectivity index (χ3n) is 4.81. The van der Waals surface area contributed by atoms with Gasteiger partial charge < -0.3 is 14.4 Å². The van der Waals surface area contributed by atoms with Crippen molar-refractivity contribution in [2.45, 2.75) is 12.6 Å². The van der Waals surface area contributed by atoms with Gasteiger partial charge in [-0.15, -0.1) is 0 Å². The van der Waals surface area contributed by atoms with Gasteiger partial charge in [-0.1, -0.05) is 36.4 Å². The predicted molar refractivity (Wildman–Crippen MR) is 106 cm³/mol. The van der Waals surface area contributed by atoms with Crippen molar-refractivity contribution < 1.29 is 9.84 Å². The number of aryl methyl sites for hydroxylation is 1. The summed E-state index contributed by atoms with van der Waals surface area (Å²) in [5.74, 6) is 0.686. The van der Waals surface area contributed by atoms with Crippen LogP contribution >= 0.6 is 0 Å². The molecule has 8 nitrogen and oxygen atoms in total. The number of nitrogens with zero attached hydrogens (tertiary/aromatic N) is 4. The normalized spacial score (nSPS) is 12.5. The summed E-state index contributed by atoms with van der Waals surface area (Å²) in [5.41, 5.74) is -0.329. The highest BCUT2D eigenvalue weighted by atomic mass is 16.5. The van der Waals surface area contributed by atoms with Crippen LogP contribution in [0.2, 0.25) is 0 Å². The van der Waals surface area contributed by atoms with Gasteiger partial charge in [0.05, 0.1) is 12.9 Å². The maximum absolute atomic E-state index is 12.5. The van der Waals surface area contributed by atoms with Gasteiger partial charge in [0.15, 0.2) is 11.2 Å². The van der Waals surface area contributed by atoms with E-state index >= 15 is 0 Å². The fourth-order valence-corrected chi connectivity index (χ4v) is 3.32. The lowest BCUT2D eigenvalue weighted by Gasteiger charge is -2.15. The molecule has 28 heavy (non-hydrogen) atoms. The van der Waals surface area contributed by atoms with Crippen LogP contribution in [-0.2, 0) is 20.6 Å². The number of hydrogen-bond donors (Lipinski definition) is 1. The van der Waals surface area contributed by atoms with Crippen molar-refractivity contribution in [2.75, 3.05) is 6.61 Å². The fraction of sp³-hybridized carbons (Fsp3) is 0.250. The van der Waals surface area contributed by atoms with Crippen LogP contribution in [0.25, 0.3) is 21.9 Å². The summed E-state index contributed by atoms with van der Waals surface area (Å²) >= 11 is 0. The van der Waals surface area contributed by atoms with E-state index in [0.717, 1.165) is 15.3 Å². The zero-order valence-corrected chi connectivity index (χ0v) is 15.6. The molecule has 0 fully saturated rings. The Morgan fingerprint density at radius 3 is 2.64 bits per heavy atom. The smallest absolute Gasteiger partial charge is 0.332 e. The van der Waals surface area contributed by atoms with Gasteiger partial charge in [-0.2, -0.15) is 0 Å². The average Bonchev–Trinajstić information content (AvgIpc) is 3.12. The van der Waals surface area contributed by atoms with E-state index in [4.69, 9.17) is 4.74 Å². The van der Waals surface area contributed by atoms with Crippen LogP contribution in [0, 0.1) is 0 Å². The van der Waals surface area contributed by atoms with Gasteiger partial charge >= 0.3 is 5.69 Å². The predicted octanol–water partition coefficient (Wildman–Crippen LogP) is 1.03. The Bertz CT molecular complexity index is 1280. The number of aromatic nitrogens is 4. The Balaban J connectivity index is 1.57. The van der Waals surface area contributed by atoms with Crippen LogP contribution in [0.1, 0.15) is 0 Å². The first kappa shape index (κ1) is 18.0.